The van der Waals surface area contributed by atoms with E-state index in [9.17, 15) is 4.79 Å². The lowest BCUT2D eigenvalue weighted by molar-refractivity contribution is -0.131. The third-order valence-corrected chi connectivity index (χ3v) is 1.89. The van der Waals surface area contributed by atoms with Crippen LogP contribution in [0.15, 0.2) is 24.3 Å². The molecule has 16 heavy (non-hydrogen) atoms. The second kappa shape index (κ2) is 7.22. The lowest BCUT2D eigenvalue weighted by atomic mass is 10.1. The first-order valence-corrected chi connectivity index (χ1v) is 4.75. The number of aliphatic hydroxyl groups excluding tert-OH is 1. The molecule has 0 saturated carbocycles. The average molecular weight is 246 g/mol. The SMILES string of the molecule is CC(=O)Oc1cccc(CC(N)CO)c1.Cl. The summed E-state index contributed by atoms with van der Waals surface area (Å²) in [5.41, 5.74) is 6.54. The zero-order valence-corrected chi connectivity index (χ0v) is 9.87. The molecular weight excluding hydrogens is 230 g/mol. The molecule has 0 radical (unpaired) electrons. The van der Waals surface area contributed by atoms with Crippen molar-refractivity contribution in [3.8, 4) is 5.75 Å². The quantitative estimate of drug-likeness (QED) is 0.611. The molecule has 0 aromatic heterocycles. The molecule has 1 rings (SSSR count). The first-order valence-electron chi connectivity index (χ1n) is 4.75. The van der Waals surface area contributed by atoms with E-state index in [1.54, 1.807) is 18.2 Å². The standard InChI is InChI=1S/C11H15NO3.ClH/c1-8(14)15-11-4-2-3-9(6-11)5-10(12)7-13;/h2-4,6,10,13H,5,7,12H2,1H3;1H. The molecule has 1 aromatic carbocycles. The average Bonchev–Trinajstić information content (AvgIpc) is 2.17. The van der Waals surface area contributed by atoms with Gasteiger partial charge in [0.05, 0.1) is 6.61 Å². The second-order valence-corrected chi connectivity index (χ2v) is 3.39. The largest absolute Gasteiger partial charge is 0.427 e. The van der Waals surface area contributed by atoms with Gasteiger partial charge in [0, 0.05) is 13.0 Å². The number of halogens is 1. The highest BCUT2D eigenvalue weighted by atomic mass is 35.5. The molecule has 0 heterocycles. The Labute approximate surface area is 101 Å². The number of hydrogen-bond acceptors (Lipinski definition) is 4. The van der Waals surface area contributed by atoms with Gasteiger partial charge in [-0.3, -0.25) is 4.79 Å². The molecule has 0 aliphatic rings. The molecular formula is C11H16ClNO3. The van der Waals surface area contributed by atoms with Crippen LogP contribution in [0.25, 0.3) is 0 Å². The van der Waals surface area contributed by atoms with Crippen molar-refractivity contribution in [2.75, 3.05) is 6.61 Å². The molecule has 0 saturated heterocycles. The maximum atomic E-state index is 10.7. The number of rotatable bonds is 4. The molecule has 5 heteroatoms. The first-order chi connectivity index (χ1) is 7.11. The number of benzene rings is 1. The highest BCUT2D eigenvalue weighted by molar-refractivity contribution is 5.85. The fourth-order valence-corrected chi connectivity index (χ4v) is 1.27. The van der Waals surface area contributed by atoms with Crippen molar-refractivity contribution < 1.29 is 14.6 Å². The maximum absolute atomic E-state index is 10.7. The molecule has 0 amide bonds. The number of hydrogen-bond donors (Lipinski definition) is 2. The summed E-state index contributed by atoms with van der Waals surface area (Å²) >= 11 is 0. The number of ether oxygens (including phenoxy) is 1. The Kier molecular flexibility index (Phi) is 6.72. The highest BCUT2D eigenvalue weighted by Gasteiger charge is 2.04. The van der Waals surface area contributed by atoms with Gasteiger partial charge in [-0.1, -0.05) is 12.1 Å². The predicted molar refractivity (Wildman–Crippen MR) is 63.8 cm³/mol. The zero-order chi connectivity index (χ0) is 11.3. The van der Waals surface area contributed by atoms with Gasteiger partial charge in [0.2, 0.25) is 0 Å². The van der Waals surface area contributed by atoms with Crippen molar-refractivity contribution in [1.82, 2.24) is 0 Å². The minimum absolute atomic E-state index is 0. The molecule has 0 aliphatic carbocycles. The van der Waals surface area contributed by atoms with E-state index in [1.807, 2.05) is 6.07 Å². The summed E-state index contributed by atoms with van der Waals surface area (Å²) in [6, 6.07) is 6.84. The Morgan fingerprint density at radius 3 is 2.81 bits per heavy atom. The van der Waals surface area contributed by atoms with Gasteiger partial charge in [-0.15, -0.1) is 12.4 Å². The molecule has 1 unspecified atom stereocenters. The second-order valence-electron chi connectivity index (χ2n) is 3.39. The molecule has 0 aliphatic heterocycles. The Hall–Kier alpha value is -1.10. The van der Waals surface area contributed by atoms with E-state index in [2.05, 4.69) is 0 Å². The van der Waals surface area contributed by atoms with E-state index in [0.29, 0.717) is 12.2 Å². The third-order valence-electron chi connectivity index (χ3n) is 1.89. The van der Waals surface area contributed by atoms with Crippen molar-refractivity contribution in [3.63, 3.8) is 0 Å². The third kappa shape index (κ3) is 5.11. The van der Waals surface area contributed by atoms with E-state index in [0.717, 1.165) is 5.56 Å². The topological polar surface area (TPSA) is 72.5 Å². The van der Waals surface area contributed by atoms with Crippen LogP contribution in [-0.2, 0) is 11.2 Å². The molecule has 0 bridgehead atoms. The van der Waals surface area contributed by atoms with Crippen molar-refractivity contribution >= 4 is 18.4 Å². The summed E-state index contributed by atoms with van der Waals surface area (Å²) in [4.78, 5) is 10.7. The summed E-state index contributed by atoms with van der Waals surface area (Å²) in [6.07, 6.45) is 0.561. The fraction of sp³-hybridized carbons (Fsp3) is 0.364. The van der Waals surface area contributed by atoms with Gasteiger partial charge in [0.25, 0.3) is 0 Å². The maximum Gasteiger partial charge on any atom is 0.308 e. The number of esters is 1. The van der Waals surface area contributed by atoms with Crippen LogP contribution in [0.4, 0.5) is 0 Å². The zero-order valence-electron chi connectivity index (χ0n) is 9.05. The van der Waals surface area contributed by atoms with E-state index in [-0.39, 0.29) is 31.0 Å². The fourth-order valence-electron chi connectivity index (χ4n) is 1.27. The van der Waals surface area contributed by atoms with Crippen LogP contribution in [0.5, 0.6) is 5.75 Å². The van der Waals surface area contributed by atoms with Gasteiger partial charge < -0.3 is 15.6 Å². The number of aliphatic hydroxyl groups is 1. The molecule has 0 spiro atoms. The highest BCUT2D eigenvalue weighted by Crippen LogP contribution is 2.14. The van der Waals surface area contributed by atoms with Crippen LogP contribution in [0, 0.1) is 0 Å². The lowest BCUT2D eigenvalue weighted by Crippen LogP contribution is -2.26. The predicted octanol–water partition coefficient (Wildman–Crippen LogP) is 0.896. The van der Waals surface area contributed by atoms with E-state index < -0.39 is 0 Å². The molecule has 1 atom stereocenters. The minimum atomic E-state index is -0.349. The Bertz CT molecular complexity index is 344. The summed E-state index contributed by atoms with van der Waals surface area (Å²) in [6.45, 7) is 1.30. The number of carbonyl (C=O) groups excluding carboxylic acids is 1. The smallest absolute Gasteiger partial charge is 0.308 e. The van der Waals surface area contributed by atoms with Crippen molar-refractivity contribution in [1.29, 1.82) is 0 Å². The normalized spacial score (nSPS) is 11.4. The summed E-state index contributed by atoms with van der Waals surface area (Å²) < 4.78 is 4.93. The number of nitrogens with two attached hydrogens (primary N) is 1. The summed E-state index contributed by atoms with van der Waals surface area (Å²) in [5.74, 6) is 0.156. The summed E-state index contributed by atoms with van der Waals surface area (Å²) in [5, 5.41) is 8.80. The van der Waals surface area contributed by atoms with Crippen LogP contribution in [-0.4, -0.2) is 23.7 Å². The van der Waals surface area contributed by atoms with Crippen LogP contribution >= 0.6 is 12.4 Å². The van der Waals surface area contributed by atoms with E-state index in [1.165, 1.54) is 6.92 Å². The van der Waals surface area contributed by atoms with Gasteiger partial charge in [-0.25, -0.2) is 0 Å². The summed E-state index contributed by atoms with van der Waals surface area (Å²) in [7, 11) is 0. The van der Waals surface area contributed by atoms with Crippen LogP contribution < -0.4 is 10.5 Å². The van der Waals surface area contributed by atoms with E-state index in [4.69, 9.17) is 15.6 Å². The van der Waals surface area contributed by atoms with Gasteiger partial charge in [0.15, 0.2) is 0 Å². The minimum Gasteiger partial charge on any atom is -0.427 e. The van der Waals surface area contributed by atoms with E-state index >= 15 is 0 Å². The molecule has 90 valence electrons. The Morgan fingerprint density at radius 1 is 1.56 bits per heavy atom. The van der Waals surface area contributed by atoms with Crippen molar-refractivity contribution in [2.24, 2.45) is 5.73 Å². The first kappa shape index (κ1) is 14.9. The van der Waals surface area contributed by atoms with Gasteiger partial charge in [-0.05, 0) is 24.1 Å². The molecule has 4 nitrogen and oxygen atoms in total. The van der Waals surface area contributed by atoms with Crippen molar-refractivity contribution in [3.05, 3.63) is 29.8 Å². The number of carbonyl (C=O) groups is 1. The Balaban J connectivity index is 0.00000225. The molecule has 3 N–H and O–H groups in total. The van der Waals surface area contributed by atoms with Gasteiger partial charge >= 0.3 is 5.97 Å². The Morgan fingerprint density at radius 2 is 2.25 bits per heavy atom. The van der Waals surface area contributed by atoms with Gasteiger partial charge in [0.1, 0.15) is 5.75 Å². The monoisotopic (exact) mass is 245 g/mol. The van der Waals surface area contributed by atoms with Gasteiger partial charge in [-0.2, -0.15) is 0 Å². The van der Waals surface area contributed by atoms with Crippen LogP contribution in [0.2, 0.25) is 0 Å². The van der Waals surface area contributed by atoms with Crippen molar-refractivity contribution in [2.45, 2.75) is 19.4 Å². The van der Waals surface area contributed by atoms with Crippen LogP contribution in [0.3, 0.4) is 0 Å². The van der Waals surface area contributed by atoms with Crippen LogP contribution in [0.1, 0.15) is 12.5 Å². The molecule has 1 aromatic rings. The lowest BCUT2D eigenvalue weighted by Gasteiger charge is -2.09. The molecule has 0 fully saturated rings.